The first kappa shape index (κ1) is 15.4. The standard InChI is InChI=1S/C13H28N4O/c1-5-11-9-17(7-6-16(11)4)10(2)8-13(3,15)12(14)18/h10-11H,5-9,15H2,1-4H3,(H2,14,18). The minimum absolute atomic E-state index is 0.287. The number of primary amides is 1. The lowest BCUT2D eigenvalue weighted by molar-refractivity contribution is -0.123. The molecule has 0 aliphatic carbocycles. The highest BCUT2D eigenvalue weighted by Crippen LogP contribution is 2.18. The van der Waals surface area contributed by atoms with Crippen LogP contribution in [0.5, 0.6) is 0 Å². The molecule has 3 atom stereocenters. The lowest BCUT2D eigenvalue weighted by atomic mass is 9.92. The van der Waals surface area contributed by atoms with Gasteiger partial charge >= 0.3 is 0 Å². The molecule has 0 aromatic heterocycles. The Morgan fingerprint density at radius 1 is 1.50 bits per heavy atom. The van der Waals surface area contributed by atoms with Crippen LogP contribution < -0.4 is 11.5 Å². The van der Waals surface area contributed by atoms with Crippen molar-refractivity contribution in [3.05, 3.63) is 0 Å². The Balaban J connectivity index is 2.57. The maximum Gasteiger partial charge on any atom is 0.237 e. The van der Waals surface area contributed by atoms with E-state index < -0.39 is 11.4 Å². The van der Waals surface area contributed by atoms with Crippen LogP contribution in [0.25, 0.3) is 0 Å². The first-order valence-corrected chi connectivity index (χ1v) is 6.81. The van der Waals surface area contributed by atoms with E-state index in [1.54, 1.807) is 6.92 Å². The Morgan fingerprint density at radius 2 is 2.11 bits per heavy atom. The van der Waals surface area contributed by atoms with Gasteiger partial charge in [0.05, 0.1) is 5.54 Å². The third-order valence-electron chi connectivity index (χ3n) is 4.19. The van der Waals surface area contributed by atoms with Crippen molar-refractivity contribution >= 4 is 5.91 Å². The smallest absolute Gasteiger partial charge is 0.237 e. The van der Waals surface area contributed by atoms with Crippen molar-refractivity contribution in [2.24, 2.45) is 11.5 Å². The number of hydrogen-bond donors (Lipinski definition) is 2. The average molecular weight is 256 g/mol. The van der Waals surface area contributed by atoms with E-state index in [2.05, 4.69) is 30.7 Å². The van der Waals surface area contributed by atoms with Gasteiger partial charge in [-0.25, -0.2) is 0 Å². The van der Waals surface area contributed by atoms with Gasteiger partial charge in [0, 0.05) is 31.7 Å². The Kier molecular flexibility index (Phi) is 5.13. The molecule has 5 heteroatoms. The molecule has 1 aliphatic rings. The van der Waals surface area contributed by atoms with Gasteiger partial charge in [-0.05, 0) is 33.7 Å². The van der Waals surface area contributed by atoms with Crippen LogP contribution in [0.1, 0.15) is 33.6 Å². The summed E-state index contributed by atoms with van der Waals surface area (Å²) in [5.74, 6) is -0.421. The zero-order valence-corrected chi connectivity index (χ0v) is 12.1. The van der Waals surface area contributed by atoms with Gasteiger partial charge in [0.25, 0.3) is 0 Å². The van der Waals surface area contributed by atoms with E-state index in [1.807, 2.05) is 0 Å². The van der Waals surface area contributed by atoms with Crippen molar-refractivity contribution in [2.45, 2.75) is 51.2 Å². The quantitative estimate of drug-likeness (QED) is 0.725. The zero-order chi connectivity index (χ0) is 13.9. The number of nitrogens with two attached hydrogens (primary N) is 2. The summed E-state index contributed by atoms with van der Waals surface area (Å²) in [5, 5.41) is 0. The highest BCUT2D eigenvalue weighted by molar-refractivity contribution is 5.83. The lowest BCUT2D eigenvalue weighted by Gasteiger charge is -2.43. The number of hydrogen-bond acceptors (Lipinski definition) is 4. The second-order valence-electron chi connectivity index (χ2n) is 5.87. The van der Waals surface area contributed by atoms with E-state index in [0.717, 1.165) is 26.1 Å². The fourth-order valence-electron chi connectivity index (χ4n) is 2.65. The number of nitrogens with zero attached hydrogens (tertiary/aromatic N) is 2. The van der Waals surface area contributed by atoms with E-state index >= 15 is 0 Å². The van der Waals surface area contributed by atoms with E-state index in [-0.39, 0.29) is 6.04 Å². The van der Waals surface area contributed by atoms with Crippen LogP contribution in [-0.4, -0.2) is 60.0 Å². The summed E-state index contributed by atoms with van der Waals surface area (Å²) < 4.78 is 0. The predicted octanol–water partition coefficient (Wildman–Crippen LogP) is -0.00630. The number of carbonyl (C=O) groups excluding carboxylic acids is 1. The van der Waals surface area contributed by atoms with Crippen LogP contribution in [0.4, 0.5) is 0 Å². The van der Waals surface area contributed by atoms with Crippen molar-refractivity contribution in [2.75, 3.05) is 26.7 Å². The molecule has 0 aromatic rings. The maximum absolute atomic E-state index is 11.3. The van der Waals surface area contributed by atoms with Crippen LogP contribution in [0.2, 0.25) is 0 Å². The normalized spacial score (nSPS) is 27.7. The largest absolute Gasteiger partial charge is 0.368 e. The molecule has 1 heterocycles. The predicted molar refractivity (Wildman–Crippen MR) is 74.1 cm³/mol. The third-order valence-corrected chi connectivity index (χ3v) is 4.19. The molecule has 106 valence electrons. The molecule has 3 unspecified atom stereocenters. The van der Waals surface area contributed by atoms with Gasteiger partial charge in [-0.3, -0.25) is 9.69 Å². The summed E-state index contributed by atoms with van der Waals surface area (Å²) in [6.07, 6.45) is 1.76. The molecular weight excluding hydrogens is 228 g/mol. The molecule has 0 saturated carbocycles. The van der Waals surface area contributed by atoms with Crippen LogP contribution in [0.15, 0.2) is 0 Å². The molecule has 1 aliphatic heterocycles. The van der Waals surface area contributed by atoms with Crippen LogP contribution >= 0.6 is 0 Å². The molecule has 0 spiro atoms. The van der Waals surface area contributed by atoms with Gasteiger partial charge in [0.2, 0.25) is 5.91 Å². The lowest BCUT2D eigenvalue weighted by Crippen LogP contribution is -2.57. The fraction of sp³-hybridized carbons (Fsp3) is 0.923. The number of likely N-dealkylation sites (N-methyl/N-ethyl adjacent to an activating group) is 1. The second-order valence-corrected chi connectivity index (χ2v) is 5.87. The highest BCUT2D eigenvalue weighted by Gasteiger charge is 2.32. The second kappa shape index (κ2) is 5.99. The minimum Gasteiger partial charge on any atom is -0.368 e. The molecule has 0 radical (unpaired) electrons. The Morgan fingerprint density at radius 3 is 2.61 bits per heavy atom. The number of carbonyl (C=O) groups is 1. The van der Waals surface area contributed by atoms with Crippen molar-refractivity contribution in [1.29, 1.82) is 0 Å². The molecule has 18 heavy (non-hydrogen) atoms. The molecule has 1 fully saturated rings. The molecule has 0 aromatic carbocycles. The summed E-state index contributed by atoms with van der Waals surface area (Å²) >= 11 is 0. The topological polar surface area (TPSA) is 75.6 Å². The zero-order valence-electron chi connectivity index (χ0n) is 12.1. The average Bonchev–Trinajstić information content (AvgIpc) is 2.28. The van der Waals surface area contributed by atoms with Gasteiger partial charge in [0.15, 0.2) is 0 Å². The number of piperazine rings is 1. The molecule has 1 rings (SSSR count). The van der Waals surface area contributed by atoms with Gasteiger partial charge in [-0.2, -0.15) is 0 Å². The highest BCUT2D eigenvalue weighted by atomic mass is 16.1. The van der Waals surface area contributed by atoms with Gasteiger partial charge in [-0.1, -0.05) is 6.92 Å². The van der Waals surface area contributed by atoms with E-state index in [4.69, 9.17) is 11.5 Å². The SMILES string of the molecule is CCC1CN(C(C)CC(C)(N)C(N)=O)CCN1C. The van der Waals surface area contributed by atoms with E-state index in [0.29, 0.717) is 12.5 Å². The van der Waals surface area contributed by atoms with Crippen LogP contribution in [0.3, 0.4) is 0 Å². The summed E-state index contributed by atoms with van der Waals surface area (Å²) in [6, 6.07) is 0.883. The summed E-state index contributed by atoms with van der Waals surface area (Å²) in [5.41, 5.74) is 10.4. The summed E-state index contributed by atoms with van der Waals surface area (Å²) in [6.45, 7) is 9.21. The maximum atomic E-state index is 11.3. The van der Waals surface area contributed by atoms with E-state index in [1.165, 1.54) is 0 Å². The monoisotopic (exact) mass is 256 g/mol. The Labute approximate surface area is 110 Å². The molecule has 1 saturated heterocycles. The van der Waals surface area contributed by atoms with Gasteiger partial charge in [-0.15, -0.1) is 0 Å². The first-order valence-electron chi connectivity index (χ1n) is 6.81. The van der Waals surface area contributed by atoms with Gasteiger partial charge < -0.3 is 16.4 Å². The van der Waals surface area contributed by atoms with Gasteiger partial charge in [0.1, 0.15) is 0 Å². The van der Waals surface area contributed by atoms with Crippen LogP contribution in [-0.2, 0) is 4.79 Å². The summed E-state index contributed by atoms with van der Waals surface area (Å²) in [7, 11) is 2.17. The van der Waals surface area contributed by atoms with Crippen molar-refractivity contribution in [3.8, 4) is 0 Å². The number of amides is 1. The van der Waals surface area contributed by atoms with Crippen molar-refractivity contribution in [1.82, 2.24) is 9.80 Å². The molecular formula is C13H28N4O. The summed E-state index contributed by atoms with van der Waals surface area (Å²) in [4.78, 5) is 16.1. The molecule has 4 N–H and O–H groups in total. The molecule has 1 amide bonds. The third kappa shape index (κ3) is 3.67. The van der Waals surface area contributed by atoms with E-state index in [9.17, 15) is 4.79 Å². The first-order chi connectivity index (χ1) is 8.27. The minimum atomic E-state index is -0.912. The van der Waals surface area contributed by atoms with Crippen LogP contribution in [0, 0.1) is 0 Å². The molecule has 0 bridgehead atoms. The van der Waals surface area contributed by atoms with Crippen molar-refractivity contribution < 1.29 is 4.79 Å². The molecule has 5 nitrogen and oxygen atoms in total. The Bertz CT molecular complexity index is 293. The Hall–Kier alpha value is -0.650. The fourth-order valence-corrected chi connectivity index (χ4v) is 2.65. The number of rotatable bonds is 5. The van der Waals surface area contributed by atoms with Crippen molar-refractivity contribution in [3.63, 3.8) is 0 Å².